The summed E-state index contributed by atoms with van der Waals surface area (Å²) in [5.74, 6) is 0.690. The minimum absolute atomic E-state index is 0.0500. The molecule has 1 saturated carbocycles. The van der Waals surface area contributed by atoms with Crippen LogP contribution in [-0.2, 0) is 13.6 Å². The van der Waals surface area contributed by atoms with Crippen LogP contribution in [0.3, 0.4) is 0 Å². The highest BCUT2D eigenvalue weighted by Crippen LogP contribution is 2.30. The number of ether oxygens (including phenoxy) is 1. The molecule has 1 fully saturated rings. The number of rotatable bonds is 7. The Hall–Kier alpha value is -1.88. The second-order valence-corrected chi connectivity index (χ2v) is 6.08. The van der Waals surface area contributed by atoms with Crippen molar-refractivity contribution in [2.24, 2.45) is 13.0 Å². The first kappa shape index (κ1) is 15.0. The Balaban J connectivity index is 1.56. The maximum Gasteiger partial charge on any atom is 0.165 e. The van der Waals surface area contributed by atoms with Crippen molar-refractivity contribution in [3.05, 3.63) is 47.8 Å². The van der Waals surface area contributed by atoms with E-state index in [0.717, 1.165) is 11.3 Å². The van der Waals surface area contributed by atoms with Gasteiger partial charge in [0.05, 0.1) is 18.6 Å². The lowest BCUT2D eigenvalue weighted by atomic mass is 10.1. The van der Waals surface area contributed by atoms with Gasteiger partial charge in [-0.05, 0) is 43.4 Å². The number of hydrogen-bond donors (Lipinski definition) is 1. The van der Waals surface area contributed by atoms with Gasteiger partial charge in [-0.3, -0.25) is 0 Å². The summed E-state index contributed by atoms with van der Waals surface area (Å²) in [6.07, 6.45) is 6.14. The molecule has 1 N–H and O–H groups in total. The molecule has 1 heterocycles. The van der Waals surface area contributed by atoms with E-state index in [1.54, 1.807) is 18.5 Å². The topological polar surface area (TPSA) is 39.1 Å². The van der Waals surface area contributed by atoms with Gasteiger partial charge in [-0.15, -0.1) is 0 Å². The molecule has 1 aliphatic rings. The maximum absolute atomic E-state index is 14.1. The van der Waals surface area contributed by atoms with Crippen molar-refractivity contribution < 1.29 is 9.13 Å². The second-order valence-electron chi connectivity index (χ2n) is 6.08. The molecule has 1 aliphatic carbocycles. The molecular weight excluding hydrogens is 281 g/mol. The van der Waals surface area contributed by atoms with Crippen molar-refractivity contribution in [1.82, 2.24) is 14.9 Å². The minimum atomic E-state index is -0.287. The zero-order chi connectivity index (χ0) is 15.5. The fraction of sp³-hybridized carbons (Fsp3) is 0.471. The van der Waals surface area contributed by atoms with E-state index in [4.69, 9.17) is 4.74 Å². The third kappa shape index (κ3) is 3.85. The first-order valence-electron chi connectivity index (χ1n) is 7.74. The lowest BCUT2D eigenvalue weighted by molar-refractivity contribution is 0.285. The molecule has 22 heavy (non-hydrogen) atoms. The van der Waals surface area contributed by atoms with Gasteiger partial charge in [0.15, 0.2) is 11.6 Å². The summed E-state index contributed by atoms with van der Waals surface area (Å²) in [5.41, 5.74) is 1.88. The molecule has 5 heteroatoms. The Labute approximate surface area is 130 Å². The predicted molar refractivity (Wildman–Crippen MR) is 83.1 cm³/mol. The average molecular weight is 303 g/mol. The molecule has 4 nitrogen and oxygen atoms in total. The Morgan fingerprint density at radius 2 is 2.27 bits per heavy atom. The molecule has 0 bridgehead atoms. The second kappa shape index (κ2) is 6.48. The van der Waals surface area contributed by atoms with Crippen LogP contribution in [0.15, 0.2) is 30.7 Å². The first-order chi connectivity index (χ1) is 10.6. The van der Waals surface area contributed by atoms with E-state index in [2.05, 4.69) is 10.3 Å². The fourth-order valence-corrected chi connectivity index (χ4v) is 2.33. The van der Waals surface area contributed by atoms with Crippen LogP contribution in [-0.4, -0.2) is 16.2 Å². The summed E-state index contributed by atoms with van der Waals surface area (Å²) in [4.78, 5) is 4.27. The Morgan fingerprint density at radius 1 is 1.45 bits per heavy atom. The zero-order valence-corrected chi connectivity index (χ0v) is 13.1. The van der Waals surface area contributed by atoms with Crippen molar-refractivity contribution >= 4 is 0 Å². The number of benzene rings is 1. The number of aromatic nitrogens is 2. The Bertz CT molecular complexity index is 637. The normalized spacial score (nSPS) is 15.8. The van der Waals surface area contributed by atoms with E-state index in [0.29, 0.717) is 24.8 Å². The summed E-state index contributed by atoms with van der Waals surface area (Å²) < 4.78 is 21.5. The Morgan fingerprint density at radius 3 is 2.91 bits per heavy atom. The van der Waals surface area contributed by atoms with Gasteiger partial charge in [-0.1, -0.05) is 6.07 Å². The molecule has 0 amide bonds. The molecule has 118 valence electrons. The number of hydrogen-bond acceptors (Lipinski definition) is 3. The van der Waals surface area contributed by atoms with Crippen LogP contribution >= 0.6 is 0 Å². The van der Waals surface area contributed by atoms with Gasteiger partial charge < -0.3 is 14.6 Å². The molecular formula is C17H22FN3O. The lowest BCUT2D eigenvalue weighted by Crippen LogP contribution is -2.18. The summed E-state index contributed by atoms with van der Waals surface area (Å²) in [6.45, 7) is 3.30. The minimum Gasteiger partial charge on any atom is -0.490 e. The summed E-state index contributed by atoms with van der Waals surface area (Å²) >= 11 is 0. The highest BCUT2D eigenvalue weighted by atomic mass is 19.1. The van der Waals surface area contributed by atoms with Gasteiger partial charge in [0.1, 0.15) is 0 Å². The van der Waals surface area contributed by atoms with Crippen LogP contribution in [0, 0.1) is 11.7 Å². The third-order valence-electron chi connectivity index (χ3n) is 3.98. The van der Waals surface area contributed by atoms with Gasteiger partial charge in [0, 0.05) is 25.8 Å². The summed E-state index contributed by atoms with van der Waals surface area (Å²) in [5, 5.41) is 3.35. The first-order valence-corrected chi connectivity index (χ1v) is 7.74. The third-order valence-corrected chi connectivity index (χ3v) is 3.98. The van der Waals surface area contributed by atoms with Crippen LogP contribution in [0.4, 0.5) is 4.39 Å². The smallest absolute Gasteiger partial charge is 0.165 e. The molecule has 1 atom stereocenters. The molecule has 1 aromatic heterocycles. The number of nitrogens with one attached hydrogen (secondary N) is 1. The Kier molecular flexibility index (Phi) is 4.43. The van der Waals surface area contributed by atoms with Crippen LogP contribution in [0.5, 0.6) is 5.75 Å². The average Bonchev–Trinajstić information content (AvgIpc) is 3.24. The van der Waals surface area contributed by atoms with Crippen molar-refractivity contribution in [3.8, 4) is 5.75 Å². The van der Waals surface area contributed by atoms with Crippen LogP contribution in [0.25, 0.3) is 0 Å². The van der Waals surface area contributed by atoms with Crippen molar-refractivity contribution in [1.29, 1.82) is 0 Å². The maximum atomic E-state index is 14.1. The van der Waals surface area contributed by atoms with E-state index in [1.807, 2.05) is 30.8 Å². The fourth-order valence-electron chi connectivity index (χ4n) is 2.33. The SMILES string of the molecule is CC(NCc1cn(C)cn1)c1ccc(OCC2CC2)c(F)c1. The van der Waals surface area contributed by atoms with Crippen LogP contribution < -0.4 is 10.1 Å². The summed E-state index contributed by atoms with van der Waals surface area (Å²) in [6, 6.07) is 5.25. The molecule has 0 radical (unpaired) electrons. The van der Waals surface area contributed by atoms with Crippen molar-refractivity contribution in [2.75, 3.05) is 6.61 Å². The van der Waals surface area contributed by atoms with E-state index in [1.165, 1.54) is 12.8 Å². The molecule has 0 spiro atoms. The van der Waals surface area contributed by atoms with E-state index in [9.17, 15) is 4.39 Å². The number of nitrogens with zero attached hydrogens (tertiary/aromatic N) is 2. The van der Waals surface area contributed by atoms with Gasteiger partial charge >= 0.3 is 0 Å². The lowest BCUT2D eigenvalue weighted by Gasteiger charge is -2.15. The standard InChI is InChI=1S/C17H22FN3O/c1-12(19-8-15-9-21(2)11-20-15)14-5-6-17(16(18)7-14)22-10-13-3-4-13/h5-7,9,11-13,19H,3-4,8,10H2,1-2H3. The van der Waals surface area contributed by atoms with Gasteiger partial charge in [-0.2, -0.15) is 0 Å². The zero-order valence-electron chi connectivity index (χ0n) is 13.1. The highest BCUT2D eigenvalue weighted by molar-refractivity contribution is 5.31. The molecule has 1 aromatic carbocycles. The van der Waals surface area contributed by atoms with Gasteiger partial charge in [0.2, 0.25) is 0 Å². The van der Waals surface area contributed by atoms with Gasteiger partial charge in [-0.25, -0.2) is 9.37 Å². The quantitative estimate of drug-likeness (QED) is 0.854. The van der Waals surface area contributed by atoms with Gasteiger partial charge in [0.25, 0.3) is 0 Å². The van der Waals surface area contributed by atoms with E-state index >= 15 is 0 Å². The molecule has 2 aromatic rings. The van der Waals surface area contributed by atoms with Crippen molar-refractivity contribution in [3.63, 3.8) is 0 Å². The molecule has 0 aliphatic heterocycles. The molecule has 0 saturated heterocycles. The highest BCUT2D eigenvalue weighted by Gasteiger charge is 2.22. The number of imidazole rings is 1. The predicted octanol–water partition coefficient (Wildman–Crippen LogP) is 3.20. The monoisotopic (exact) mass is 303 g/mol. The number of halogens is 1. The molecule has 1 unspecified atom stereocenters. The van der Waals surface area contributed by atoms with Crippen LogP contribution in [0.1, 0.15) is 37.1 Å². The van der Waals surface area contributed by atoms with E-state index in [-0.39, 0.29) is 11.9 Å². The van der Waals surface area contributed by atoms with Crippen molar-refractivity contribution in [2.45, 2.75) is 32.4 Å². The molecule has 3 rings (SSSR count). The largest absolute Gasteiger partial charge is 0.490 e. The summed E-state index contributed by atoms with van der Waals surface area (Å²) in [7, 11) is 1.94. The van der Waals surface area contributed by atoms with Crippen LogP contribution in [0.2, 0.25) is 0 Å². The number of aryl methyl sites for hydroxylation is 1. The van der Waals surface area contributed by atoms with E-state index < -0.39 is 0 Å².